The molecule has 0 spiro atoms. The lowest BCUT2D eigenvalue weighted by Crippen LogP contribution is -2.37. The number of nitrogens with zero attached hydrogens (tertiary/aromatic N) is 3. The van der Waals surface area contributed by atoms with Gasteiger partial charge in [0.25, 0.3) is 5.56 Å². The summed E-state index contributed by atoms with van der Waals surface area (Å²) in [4.78, 5) is 31.5. The maximum atomic E-state index is 12.6. The van der Waals surface area contributed by atoms with Crippen molar-refractivity contribution in [3.8, 4) is 0 Å². The minimum absolute atomic E-state index is 0.134. The summed E-state index contributed by atoms with van der Waals surface area (Å²) in [5, 5.41) is 0.550. The monoisotopic (exact) mass is 298 g/mol. The fraction of sp³-hybridized carbons (Fsp3) is 0.312. The van der Waals surface area contributed by atoms with E-state index in [1.807, 2.05) is 36.7 Å². The Labute approximate surface area is 127 Å². The SMILES string of the molecule is Cc1ccc2[nH]c(=O)n(CC(C)Cn3ccnc3)c(=O)c2c1. The summed E-state index contributed by atoms with van der Waals surface area (Å²) < 4.78 is 3.22. The van der Waals surface area contributed by atoms with Crippen molar-refractivity contribution in [2.24, 2.45) is 5.92 Å². The number of fused-ring (bicyclic) bond motifs is 1. The van der Waals surface area contributed by atoms with Crippen LogP contribution in [0.1, 0.15) is 12.5 Å². The summed E-state index contributed by atoms with van der Waals surface area (Å²) in [5.74, 6) is 0.134. The molecule has 2 aromatic heterocycles. The quantitative estimate of drug-likeness (QED) is 0.794. The molecule has 3 aromatic rings. The van der Waals surface area contributed by atoms with Crippen molar-refractivity contribution < 1.29 is 0 Å². The van der Waals surface area contributed by atoms with E-state index in [0.29, 0.717) is 24.0 Å². The third-order valence-electron chi connectivity index (χ3n) is 3.71. The van der Waals surface area contributed by atoms with Crippen LogP contribution in [0.5, 0.6) is 0 Å². The zero-order valence-electron chi connectivity index (χ0n) is 12.6. The Morgan fingerprint density at radius 1 is 1.27 bits per heavy atom. The van der Waals surface area contributed by atoms with Gasteiger partial charge in [-0.05, 0) is 25.0 Å². The molecule has 2 heterocycles. The van der Waals surface area contributed by atoms with Crippen molar-refractivity contribution in [1.82, 2.24) is 19.1 Å². The van der Waals surface area contributed by atoms with Crippen LogP contribution >= 0.6 is 0 Å². The Morgan fingerprint density at radius 2 is 2.09 bits per heavy atom. The van der Waals surface area contributed by atoms with Crippen LogP contribution in [0.2, 0.25) is 0 Å². The van der Waals surface area contributed by atoms with Crippen LogP contribution in [0.3, 0.4) is 0 Å². The van der Waals surface area contributed by atoms with E-state index in [1.165, 1.54) is 4.57 Å². The maximum absolute atomic E-state index is 12.6. The standard InChI is InChI=1S/C16H18N4O2/c1-11-3-4-14-13(7-11)15(21)20(16(22)18-14)9-12(2)8-19-6-5-17-10-19/h3-7,10,12H,8-9H2,1-2H3,(H,18,22). The zero-order valence-corrected chi connectivity index (χ0v) is 12.6. The van der Waals surface area contributed by atoms with Gasteiger partial charge in [0.15, 0.2) is 0 Å². The van der Waals surface area contributed by atoms with E-state index in [9.17, 15) is 9.59 Å². The number of aromatic amines is 1. The van der Waals surface area contributed by atoms with E-state index in [1.54, 1.807) is 18.6 Å². The first-order valence-electron chi connectivity index (χ1n) is 7.24. The van der Waals surface area contributed by atoms with Crippen LogP contribution in [-0.4, -0.2) is 19.1 Å². The predicted molar refractivity (Wildman–Crippen MR) is 85.0 cm³/mol. The highest BCUT2D eigenvalue weighted by atomic mass is 16.2. The molecular formula is C16H18N4O2. The molecule has 114 valence electrons. The third-order valence-corrected chi connectivity index (χ3v) is 3.71. The molecule has 0 aliphatic heterocycles. The molecule has 0 fully saturated rings. The minimum Gasteiger partial charge on any atom is -0.337 e. The Hall–Kier alpha value is -2.63. The van der Waals surface area contributed by atoms with Gasteiger partial charge in [0.1, 0.15) is 0 Å². The molecule has 22 heavy (non-hydrogen) atoms. The van der Waals surface area contributed by atoms with E-state index in [0.717, 1.165) is 5.56 Å². The first-order chi connectivity index (χ1) is 10.5. The Balaban J connectivity index is 1.96. The summed E-state index contributed by atoms with van der Waals surface area (Å²) in [7, 11) is 0. The minimum atomic E-state index is -0.362. The van der Waals surface area contributed by atoms with Crippen molar-refractivity contribution >= 4 is 10.9 Å². The molecular weight excluding hydrogens is 280 g/mol. The van der Waals surface area contributed by atoms with Crippen molar-refractivity contribution in [2.75, 3.05) is 0 Å². The predicted octanol–water partition coefficient (Wildman–Crippen LogP) is 1.53. The van der Waals surface area contributed by atoms with Crippen molar-refractivity contribution in [3.63, 3.8) is 0 Å². The van der Waals surface area contributed by atoms with Gasteiger partial charge < -0.3 is 9.55 Å². The largest absolute Gasteiger partial charge is 0.337 e. The molecule has 1 N–H and O–H groups in total. The molecule has 6 nitrogen and oxygen atoms in total. The average Bonchev–Trinajstić information content (AvgIpc) is 2.97. The molecule has 1 atom stereocenters. The van der Waals surface area contributed by atoms with Crippen LogP contribution in [0.25, 0.3) is 10.9 Å². The molecule has 0 saturated carbocycles. The second-order valence-electron chi connectivity index (χ2n) is 5.76. The highest BCUT2D eigenvalue weighted by Gasteiger charge is 2.11. The summed E-state index contributed by atoms with van der Waals surface area (Å²) in [6, 6.07) is 5.46. The molecule has 3 rings (SSSR count). The highest BCUT2D eigenvalue weighted by molar-refractivity contribution is 5.77. The summed E-state index contributed by atoms with van der Waals surface area (Å²) in [5.41, 5.74) is 0.979. The van der Waals surface area contributed by atoms with Crippen molar-refractivity contribution in [1.29, 1.82) is 0 Å². The van der Waals surface area contributed by atoms with Crippen LogP contribution in [0, 0.1) is 12.8 Å². The van der Waals surface area contributed by atoms with Gasteiger partial charge in [-0.15, -0.1) is 0 Å². The Morgan fingerprint density at radius 3 is 2.82 bits per heavy atom. The van der Waals surface area contributed by atoms with Gasteiger partial charge in [-0.1, -0.05) is 18.6 Å². The third kappa shape index (κ3) is 2.72. The fourth-order valence-corrected chi connectivity index (χ4v) is 2.65. The normalized spacial score (nSPS) is 12.6. The maximum Gasteiger partial charge on any atom is 0.328 e. The lowest BCUT2D eigenvalue weighted by atomic mass is 10.1. The number of aryl methyl sites for hydroxylation is 1. The smallest absolute Gasteiger partial charge is 0.328 e. The second kappa shape index (κ2) is 5.63. The van der Waals surface area contributed by atoms with Gasteiger partial charge >= 0.3 is 5.69 Å². The summed E-state index contributed by atoms with van der Waals surface area (Å²) >= 11 is 0. The van der Waals surface area contributed by atoms with Gasteiger partial charge in [-0.3, -0.25) is 9.36 Å². The van der Waals surface area contributed by atoms with Gasteiger partial charge in [0.2, 0.25) is 0 Å². The first-order valence-corrected chi connectivity index (χ1v) is 7.24. The first kappa shape index (κ1) is 14.3. The van der Waals surface area contributed by atoms with Crippen LogP contribution in [0.15, 0.2) is 46.5 Å². The molecule has 0 amide bonds. The van der Waals surface area contributed by atoms with E-state index in [2.05, 4.69) is 9.97 Å². The van der Waals surface area contributed by atoms with E-state index in [-0.39, 0.29) is 17.2 Å². The number of rotatable bonds is 4. The van der Waals surface area contributed by atoms with Crippen LogP contribution in [0.4, 0.5) is 0 Å². The molecule has 0 bridgehead atoms. The molecule has 1 aromatic carbocycles. The Bertz CT molecular complexity index is 906. The number of hydrogen-bond donors (Lipinski definition) is 1. The van der Waals surface area contributed by atoms with Crippen LogP contribution in [-0.2, 0) is 13.1 Å². The van der Waals surface area contributed by atoms with Gasteiger partial charge in [-0.25, -0.2) is 9.78 Å². The zero-order chi connectivity index (χ0) is 15.7. The number of nitrogens with one attached hydrogen (secondary N) is 1. The molecule has 0 aliphatic rings. The molecule has 0 radical (unpaired) electrons. The lowest BCUT2D eigenvalue weighted by Gasteiger charge is -2.14. The van der Waals surface area contributed by atoms with Crippen molar-refractivity contribution in [2.45, 2.75) is 26.9 Å². The van der Waals surface area contributed by atoms with Crippen molar-refractivity contribution in [3.05, 3.63) is 63.3 Å². The van der Waals surface area contributed by atoms with E-state index in [4.69, 9.17) is 0 Å². The topological polar surface area (TPSA) is 72.7 Å². The Kier molecular flexibility index (Phi) is 3.66. The number of aromatic nitrogens is 4. The number of imidazole rings is 1. The second-order valence-corrected chi connectivity index (χ2v) is 5.76. The number of hydrogen-bond acceptors (Lipinski definition) is 3. The molecule has 1 unspecified atom stereocenters. The molecule has 0 saturated heterocycles. The van der Waals surface area contributed by atoms with Gasteiger partial charge in [0.05, 0.1) is 17.2 Å². The number of benzene rings is 1. The van der Waals surface area contributed by atoms with E-state index < -0.39 is 0 Å². The fourth-order valence-electron chi connectivity index (χ4n) is 2.65. The summed E-state index contributed by atoms with van der Waals surface area (Å²) in [6.45, 7) is 5.01. The van der Waals surface area contributed by atoms with E-state index >= 15 is 0 Å². The number of H-pyrrole nitrogens is 1. The highest BCUT2D eigenvalue weighted by Crippen LogP contribution is 2.08. The van der Waals surface area contributed by atoms with Gasteiger partial charge in [-0.2, -0.15) is 0 Å². The van der Waals surface area contributed by atoms with Gasteiger partial charge in [0, 0.05) is 25.5 Å². The van der Waals surface area contributed by atoms with Crippen LogP contribution < -0.4 is 11.2 Å². The molecule has 6 heteroatoms. The lowest BCUT2D eigenvalue weighted by molar-refractivity contribution is 0.403. The summed E-state index contributed by atoms with van der Waals surface area (Å²) in [6.07, 6.45) is 5.31. The average molecular weight is 298 g/mol. The molecule has 0 aliphatic carbocycles.